The second-order valence-corrected chi connectivity index (χ2v) is 7.48. The lowest BCUT2D eigenvalue weighted by molar-refractivity contribution is 0.0607. The van der Waals surface area contributed by atoms with Crippen LogP contribution in [-0.2, 0) is 4.74 Å². The number of aromatic nitrogens is 1. The summed E-state index contributed by atoms with van der Waals surface area (Å²) in [5.41, 5.74) is 4.86. The molecule has 0 spiro atoms. The number of hydrogen-bond acceptors (Lipinski definition) is 7. The van der Waals surface area contributed by atoms with E-state index in [9.17, 15) is 4.79 Å². The van der Waals surface area contributed by atoms with Crippen molar-refractivity contribution in [3.8, 4) is 17.0 Å². The summed E-state index contributed by atoms with van der Waals surface area (Å²) < 4.78 is 10.3. The SMILES string of the molecule is CCOc1c(Cl)cc(/C=N\Nc2nc(-c3ccccc3)c(C(=O)OC)s2)cc1Cl. The predicted octanol–water partition coefficient (Wildman–Crippen LogP) is 5.75. The largest absolute Gasteiger partial charge is 0.491 e. The standard InChI is InChI=1S/C20H17Cl2N3O3S/c1-3-28-17-14(21)9-12(10-15(17)22)11-23-25-20-24-16(13-7-5-4-6-8-13)18(29-20)19(26)27-2/h4-11H,3H2,1-2H3,(H,24,25)/b23-11-. The van der Waals surface area contributed by atoms with Gasteiger partial charge in [-0.05, 0) is 24.6 Å². The molecule has 0 radical (unpaired) electrons. The summed E-state index contributed by atoms with van der Waals surface area (Å²) in [5.74, 6) is -0.0143. The second-order valence-electron chi connectivity index (χ2n) is 5.67. The summed E-state index contributed by atoms with van der Waals surface area (Å²) >= 11 is 13.6. The van der Waals surface area contributed by atoms with Crippen LogP contribution in [0.2, 0.25) is 10.0 Å². The third kappa shape index (κ3) is 5.06. The zero-order valence-corrected chi connectivity index (χ0v) is 17.9. The zero-order chi connectivity index (χ0) is 20.8. The molecule has 2 aromatic carbocycles. The van der Waals surface area contributed by atoms with Crippen molar-refractivity contribution in [2.24, 2.45) is 5.10 Å². The number of benzene rings is 2. The first-order chi connectivity index (χ1) is 14.0. The zero-order valence-electron chi connectivity index (χ0n) is 15.6. The monoisotopic (exact) mass is 449 g/mol. The molecule has 150 valence electrons. The molecule has 0 saturated heterocycles. The van der Waals surface area contributed by atoms with Crippen molar-refractivity contribution in [2.75, 3.05) is 19.1 Å². The van der Waals surface area contributed by atoms with E-state index in [0.29, 0.717) is 43.7 Å². The van der Waals surface area contributed by atoms with Gasteiger partial charge in [-0.15, -0.1) is 0 Å². The first kappa shape index (κ1) is 21.1. The number of carbonyl (C=O) groups is 1. The summed E-state index contributed by atoms with van der Waals surface area (Å²) in [4.78, 5) is 17.0. The molecule has 0 aliphatic carbocycles. The van der Waals surface area contributed by atoms with Gasteiger partial charge in [0.2, 0.25) is 5.13 Å². The van der Waals surface area contributed by atoms with Gasteiger partial charge in [-0.25, -0.2) is 9.78 Å². The number of esters is 1. The molecular weight excluding hydrogens is 433 g/mol. The summed E-state index contributed by atoms with van der Waals surface area (Å²) in [5, 5.41) is 5.41. The average molecular weight is 450 g/mol. The van der Waals surface area contributed by atoms with Crippen LogP contribution < -0.4 is 10.2 Å². The van der Waals surface area contributed by atoms with Gasteiger partial charge in [0.1, 0.15) is 4.88 Å². The highest BCUT2D eigenvalue weighted by Gasteiger charge is 2.20. The minimum atomic E-state index is -0.455. The van der Waals surface area contributed by atoms with Crippen molar-refractivity contribution in [2.45, 2.75) is 6.92 Å². The minimum absolute atomic E-state index is 0.392. The molecule has 0 fully saturated rings. The molecule has 0 aliphatic rings. The van der Waals surface area contributed by atoms with Crippen molar-refractivity contribution < 1.29 is 14.3 Å². The van der Waals surface area contributed by atoms with E-state index in [4.69, 9.17) is 32.7 Å². The molecule has 0 atom stereocenters. The van der Waals surface area contributed by atoms with Gasteiger partial charge >= 0.3 is 5.97 Å². The van der Waals surface area contributed by atoms with E-state index in [-0.39, 0.29) is 0 Å². The Balaban J connectivity index is 1.82. The van der Waals surface area contributed by atoms with Crippen LogP contribution in [0, 0.1) is 0 Å². The number of carbonyl (C=O) groups excluding carboxylic acids is 1. The first-order valence-electron chi connectivity index (χ1n) is 8.59. The third-order valence-corrected chi connectivity index (χ3v) is 5.23. The highest BCUT2D eigenvalue weighted by molar-refractivity contribution is 7.17. The summed E-state index contributed by atoms with van der Waals surface area (Å²) in [6, 6.07) is 12.8. The molecule has 0 unspecified atom stereocenters. The van der Waals surface area contributed by atoms with Crippen LogP contribution in [-0.4, -0.2) is 30.9 Å². The van der Waals surface area contributed by atoms with Gasteiger partial charge in [0.05, 0.1) is 35.7 Å². The van der Waals surface area contributed by atoms with Gasteiger partial charge in [0.25, 0.3) is 0 Å². The van der Waals surface area contributed by atoms with Crippen molar-refractivity contribution in [3.63, 3.8) is 0 Å². The first-order valence-corrected chi connectivity index (χ1v) is 10.2. The Labute approximate surface area is 182 Å². The second kappa shape index (κ2) is 9.73. The maximum absolute atomic E-state index is 12.1. The summed E-state index contributed by atoms with van der Waals surface area (Å²) in [6.07, 6.45) is 1.55. The van der Waals surface area contributed by atoms with E-state index in [1.165, 1.54) is 7.11 Å². The lowest BCUT2D eigenvalue weighted by atomic mass is 10.1. The van der Waals surface area contributed by atoms with E-state index in [1.807, 2.05) is 37.3 Å². The van der Waals surface area contributed by atoms with E-state index in [1.54, 1.807) is 18.3 Å². The Kier molecular flexibility index (Phi) is 7.09. The fraction of sp³-hybridized carbons (Fsp3) is 0.150. The van der Waals surface area contributed by atoms with Crippen LogP contribution in [0.3, 0.4) is 0 Å². The van der Waals surface area contributed by atoms with Crippen LogP contribution in [0.1, 0.15) is 22.2 Å². The van der Waals surface area contributed by atoms with Crippen LogP contribution in [0.4, 0.5) is 5.13 Å². The number of anilines is 1. The van der Waals surface area contributed by atoms with Crippen LogP contribution in [0.25, 0.3) is 11.3 Å². The highest BCUT2D eigenvalue weighted by Crippen LogP contribution is 2.34. The Morgan fingerprint density at radius 1 is 1.24 bits per heavy atom. The molecule has 1 N–H and O–H groups in total. The van der Waals surface area contributed by atoms with E-state index in [0.717, 1.165) is 16.9 Å². The number of nitrogens with zero attached hydrogens (tertiary/aromatic N) is 2. The Hall–Kier alpha value is -2.61. The normalized spacial score (nSPS) is 10.9. The smallest absolute Gasteiger partial charge is 0.350 e. The van der Waals surface area contributed by atoms with Crippen LogP contribution in [0.5, 0.6) is 5.75 Å². The molecule has 6 nitrogen and oxygen atoms in total. The average Bonchev–Trinajstić information content (AvgIpc) is 3.15. The number of ether oxygens (including phenoxy) is 2. The maximum atomic E-state index is 12.1. The van der Waals surface area contributed by atoms with Gasteiger partial charge in [-0.1, -0.05) is 64.9 Å². The molecule has 1 heterocycles. The Morgan fingerprint density at radius 3 is 2.55 bits per heavy atom. The van der Waals surface area contributed by atoms with Crippen molar-refractivity contribution >= 4 is 51.9 Å². The summed E-state index contributed by atoms with van der Waals surface area (Å²) in [6.45, 7) is 2.32. The van der Waals surface area contributed by atoms with Crippen LogP contribution >= 0.6 is 34.5 Å². The van der Waals surface area contributed by atoms with E-state index < -0.39 is 5.97 Å². The van der Waals surface area contributed by atoms with Gasteiger partial charge < -0.3 is 9.47 Å². The molecule has 3 rings (SSSR count). The third-order valence-electron chi connectivity index (χ3n) is 3.73. The van der Waals surface area contributed by atoms with E-state index >= 15 is 0 Å². The fourth-order valence-electron chi connectivity index (χ4n) is 2.49. The van der Waals surface area contributed by atoms with Crippen molar-refractivity contribution in [1.82, 2.24) is 4.98 Å². The summed E-state index contributed by atoms with van der Waals surface area (Å²) in [7, 11) is 1.33. The van der Waals surface area contributed by atoms with Crippen molar-refractivity contribution in [1.29, 1.82) is 0 Å². The molecule has 9 heteroatoms. The maximum Gasteiger partial charge on any atom is 0.350 e. The van der Waals surface area contributed by atoms with E-state index in [2.05, 4.69) is 15.5 Å². The molecule has 0 bridgehead atoms. The minimum Gasteiger partial charge on any atom is -0.491 e. The number of hydrazone groups is 1. The van der Waals surface area contributed by atoms with Gasteiger partial charge in [-0.3, -0.25) is 5.43 Å². The number of hydrogen-bond donors (Lipinski definition) is 1. The van der Waals surface area contributed by atoms with Gasteiger partial charge in [0.15, 0.2) is 5.75 Å². The Bertz CT molecular complexity index is 1020. The van der Waals surface area contributed by atoms with Gasteiger partial charge in [-0.2, -0.15) is 5.10 Å². The van der Waals surface area contributed by atoms with Gasteiger partial charge in [0, 0.05) is 5.56 Å². The highest BCUT2D eigenvalue weighted by atomic mass is 35.5. The fourth-order valence-corrected chi connectivity index (χ4v) is 3.96. The molecular formula is C20H17Cl2N3O3S. The lowest BCUT2D eigenvalue weighted by Crippen LogP contribution is -2.00. The number of halogens is 2. The molecule has 1 aromatic heterocycles. The molecule has 29 heavy (non-hydrogen) atoms. The number of rotatable bonds is 7. The number of nitrogens with one attached hydrogen (secondary N) is 1. The van der Waals surface area contributed by atoms with Crippen molar-refractivity contribution in [3.05, 3.63) is 63.0 Å². The molecule has 0 aliphatic heterocycles. The lowest BCUT2D eigenvalue weighted by Gasteiger charge is -2.08. The molecule has 0 amide bonds. The number of thiazole rings is 1. The predicted molar refractivity (Wildman–Crippen MR) is 118 cm³/mol. The quantitative estimate of drug-likeness (QED) is 0.282. The van der Waals surface area contributed by atoms with Crippen LogP contribution in [0.15, 0.2) is 47.6 Å². The number of methoxy groups -OCH3 is 1. The Morgan fingerprint density at radius 2 is 1.93 bits per heavy atom. The molecule has 3 aromatic rings. The topological polar surface area (TPSA) is 72.8 Å². The molecule has 0 saturated carbocycles.